The highest BCUT2D eigenvalue weighted by Crippen LogP contribution is 2.29. The first kappa shape index (κ1) is 19.9. The molecule has 0 radical (unpaired) electrons. The Bertz CT molecular complexity index is 716. The number of nitrogens with two attached hydrogens (primary N) is 2. The first-order valence-electron chi connectivity index (χ1n) is 8.99. The second-order valence-electron chi connectivity index (χ2n) is 6.54. The number of aromatic nitrogens is 1. The Morgan fingerprint density at radius 3 is 2.62 bits per heavy atom. The van der Waals surface area contributed by atoms with Crippen molar-refractivity contribution in [1.29, 1.82) is 0 Å². The standard InChI is InChI=1S/C20H29N5O/c1-14(2)16-12-18(25-22)24-20(19(16)23-3)17(21)10-7-11-26-13-15-8-5-4-6-9-15/h4-6,8-9,12,14,21,23H,7,10-11,13,22H2,1-3H3,(H,24,25)/p+1. The lowest BCUT2D eigenvalue weighted by Crippen LogP contribution is -2.41. The van der Waals surface area contributed by atoms with Crippen LogP contribution < -0.4 is 22.0 Å². The number of hydrogen-bond acceptors (Lipinski definition) is 5. The molecule has 1 aromatic carbocycles. The first-order chi connectivity index (χ1) is 12.6. The van der Waals surface area contributed by atoms with Crippen molar-refractivity contribution in [2.75, 3.05) is 24.4 Å². The van der Waals surface area contributed by atoms with E-state index < -0.39 is 0 Å². The van der Waals surface area contributed by atoms with Crippen molar-refractivity contribution < 1.29 is 10.1 Å². The van der Waals surface area contributed by atoms with Crippen molar-refractivity contribution in [2.45, 2.75) is 39.2 Å². The molecule has 0 amide bonds. The van der Waals surface area contributed by atoms with Gasteiger partial charge in [0.05, 0.1) is 12.3 Å². The third-order valence-corrected chi connectivity index (χ3v) is 4.22. The summed E-state index contributed by atoms with van der Waals surface area (Å²) < 4.78 is 5.73. The minimum absolute atomic E-state index is 0.327. The van der Waals surface area contributed by atoms with Gasteiger partial charge in [-0.05, 0) is 29.5 Å². The first-order valence-corrected chi connectivity index (χ1v) is 8.99. The van der Waals surface area contributed by atoms with E-state index in [1.807, 2.05) is 31.3 Å². The summed E-state index contributed by atoms with van der Waals surface area (Å²) in [7, 11) is 1.89. The van der Waals surface area contributed by atoms with Crippen LogP contribution in [0, 0.1) is 0 Å². The molecule has 6 N–H and O–H groups in total. The summed E-state index contributed by atoms with van der Waals surface area (Å²) in [6.07, 6.45) is 1.54. The van der Waals surface area contributed by atoms with E-state index in [0.717, 1.165) is 29.1 Å². The lowest BCUT2D eigenvalue weighted by molar-refractivity contribution is -0.115. The molecule has 0 aliphatic rings. The Balaban J connectivity index is 1.96. The lowest BCUT2D eigenvalue weighted by atomic mass is 9.98. The van der Waals surface area contributed by atoms with E-state index >= 15 is 0 Å². The highest BCUT2D eigenvalue weighted by atomic mass is 16.5. The molecule has 0 fully saturated rings. The molecule has 2 rings (SSSR count). The molecule has 1 heterocycles. The summed E-state index contributed by atoms with van der Waals surface area (Å²) in [5, 5.41) is 9.59. The monoisotopic (exact) mass is 356 g/mol. The number of anilines is 2. The van der Waals surface area contributed by atoms with Gasteiger partial charge < -0.3 is 15.5 Å². The predicted octanol–water partition coefficient (Wildman–Crippen LogP) is 2.08. The summed E-state index contributed by atoms with van der Waals surface area (Å²) in [4.78, 5) is 4.55. The average Bonchev–Trinajstić information content (AvgIpc) is 2.67. The van der Waals surface area contributed by atoms with Crippen LogP contribution >= 0.6 is 0 Å². The van der Waals surface area contributed by atoms with Gasteiger partial charge in [0.15, 0.2) is 5.69 Å². The SMILES string of the molecule is CNc1c(C(C)C)cc(NN)nc1C(=[NH2+])CCCOCc1ccccc1. The van der Waals surface area contributed by atoms with Gasteiger partial charge in [0, 0.05) is 20.1 Å². The van der Waals surface area contributed by atoms with Crippen LogP contribution in [0.1, 0.15) is 49.4 Å². The van der Waals surface area contributed by atoms with Crippen LogP contribution in [-0.2, 0) is 11.3 Å². The van der Waals surface area contributed by atoms with Crippen molar-refractivity contribution in [3.05, 3.63) is 53.2 Å². The molecule has 26 heavy (non-hydrogen) atoms. The van der Waals surface area contributed by atoms with Crippen LogP contribution in [0.4, 0.5) is 11.5 Å². The summed E-state index contributed by atoms with van der Waals surface area (Å²) in [5.41, 5.74) is 7.39. The van der Waals surface area contributed by atoms with Crippen LogP contribution in [0.5, 0.6) is 0 Å². The number of ether oxygens (including phenoxy) is 1. The number of nitrogens with zero attached hydrogens (tertiary/aromatic N) is 1. The Hall–Kier alpha value is -2.44. The van der Waals surface area contributed by atoms with Gasteiger partial charge in [0.25, 0.3) is 0 Å². The summed E-state index contributed by atoms with van der Waals surface area (Å²) >= 11 is 0. The molecule has 0 aliphatic heterocycles. The number of hydrogen-bond donors (Lipinski definition) is 4. The fraction of sp³-hybridized carbons (Fsp3) is 0.400. The summed E-state index contributed by atoms with van der Waals surface area (Å²) in [5.74, 6) is 6.52. The molecule has 0 saturated carbocycles. The van der Waals surface area contributed by atoms with Crippen molar-refractivity contribution in [1.82, 2.24) is 4.98 Å². The topological polar surface area (TPSA) is 97.8 Å². The molecule has 0 aliphatic carbocycles. The molecule has 0 bridgehead atoms. The Morgan fingerprint density at radius 2 is 2.00 bits per heavy atom. The van der Waals surface area contributed by atoms with Crippen LogP contribution in [0.15, 0.2) is 36.4 Å². The molecule has 2 aromatic rings. The second-order valence-corrected chi connectivity index (χ2v) is 6.54. The van der Waals surface area contributed by atoms with Gasteiger partial charge in [-0.2, -0.15) is 0 Å². The smallest absolute Gasteiger partial charge is 0.200 e. The number of nitrogens with one attached hydrogen (secondary N) is 2. The molecule has 0 spiro atoms. The lowest BCUT2D eigenvalue weighted by Gasteiger charge is -2.17. The molecule has 0 saturated heterocycles. The molecule has 0 atom stereocenters. The van der Waals surface area contributed by atoms with Crippen molar-refractivity contribution in [3.63, 3.8) is 0 Å². The van der Waals surface area contributed by atoms with Gasteiger partial charge in [-0.25, -0.2) is 10.8 Å². The van der Waals surface area contributed by atoms with Crippen molar-refractivity contribution >= 4 is 17.2 Å². The fourth-order valence-electron chi connectivity index (χ4n) is 2.84. The maximum Gasteiger partial charge on any atom is 0.200 e. The zero-order valence-corrected chi connectivity index (χ0v) is 15.9. The average molecular weight is 356 g/mol. The molecule has 6 nitrogen and oxygen atoms in total. The van der Waals surface area contributed by atoms with Gasteiger partial charge in [-0.15, -0.1) is 0 Å². The fourth-order valence-corrected chi connectivity index (χ4v) is 2.84. The maximum atomic E-state index is 6.35. The van der Waals surface area contributed by atoms with Gasteiger partial charge >= 0.3 is 0 Å². The Morgan fingerprint density at radius 1 is 1.27 bits per heavy atom. The number of benzene rings is 1. The van der Waals surface area contributed by atoms with Gasteiger partial charge in [-0.1, -0.05) is 44.2 Å². The number of rotatable bonds is 10. The highest BCUT2D eigenvalue weighted by molar-refractivity contribution is 6.00. The minimum atomic E-state index is 0.327. The van der Waals surface area contributed by atoms with Crippen LogP contribution in [-0.4, -0.2) is 24.4 Å². The quantitative estimate of drug-likeness (QED) is 0.226. The number of hydrazine groups is 1. The second kappa shape index (κ2) is 9.89. The van der Waals surface area contributed by atoms with Gasteiger partial charge in [0.1, 0.15) is 5.82 Å². The number of nitrogen functional groups attached to an aromatic ring is 1. The molecule has 0 unspecified atom stereocenters. The molecule has 140 valence electrons. The van der Waals surface area contributed by atoms with Gasteiger partial charge in [-0.3, -0.25) is 5.41 Å². The largest absolute Gasteiger partial charge is 0.386 e. The maximum absolute atomic E-state index is 6.35. The van der Waals surface area contributed by atoms with Crippen molar-refractivity contribution in [2.24, 2.45) is 5.84 Å². The zero-order chi connectivity index (χ0) is 18.9. The third-order valence-electron chi connectivity index (χ3n) is 4.22. The highest BCUT2D eigenvalue weighted by Gasteiger charge is 2.20. The molecule has 1 aromatic heterocycles. The van der Waals surface area contributed by atoms with E-state index in [1.165, 1.54) is 5.56 Å². The molecular formula is C20H30N5O+. The third kappa shape index (κ3) is 5.28. The van der Waals surface area contributed by atoms with E-state index in [0.29, 0.717) is 31.4 Å². The summed E-state index contributed by atoms with van der Waals surface area (Å²) in [6.45, 7) is 5.53. The minimum Gasteiger partial charge on any atom is -0.386 e. The van der Waals surface area contributed by atoms with Crippen LogP contribution in [0.2, 0.25) is 0 Å². The summed E-state index contributed by atoms with van der Waals surface area (Å²) in [6, 6.07) is 12.1. The van der Waals surface area contributed by atoms with E-state index in [4.69, 9.17) is 16.0 Å². The predicted molar refractivity (Wildman–Crippen MR) is 107 cm³/mol. The van der Waals surface area contributed by atoms with Crippen molar-refractivity contribution in [3.8, 4) is 0 Å². The molecular weight excluding hydrogens is 326 g/mol. The van der Waals surface area contributed by atoms with Gasteiger partial charge in [0.2, 0.25) is 5.71 Å². The Kier molecular flexibility index (Phi) is 7.56. The number of pyridine rings is 1. The van der Waals surface area contributed by atoms with E-state index in [2.05, 4.69) is 41.7 Å². The van der Waals surface area contributed by atoms with E-state index in [9.17, 15) is 0 Å². The van der Waals surface area contributed by atoms with Crippen LogP contribution in [0.3, 0.4) is 0 Å². The van der Waals surface area contributed by atoms with E-state index in [-0.39, 0.29) is 0 Å². The van der Waals surface area contributed by atoms with Crippen LogP contribution in [0.25, 0.3) is 0 Å². The van der Waals surface area contributed by atoms with E-state index in [1.54, 1.807) is 0 Å². The normalized spacial score (nSPS) is 10.8. The molecule has 6 heteroatoms. The Labute approximate surface area is 155 Å². The zero-order valence-electron chi connectivity index (χ0n) is 15.9.